The van der Waals surface area contributed by atoms with E-state index in [0.29, 0.717) is 35.5 Å². The maximum Gasteiger partial charge on any atom is 0.0878 e. The maximum absolute atomic E-state index is 6.63. The molecule has 0 spiro atoms. The lowest BCUT2D eigenvalue weighted by molar-refractivity contribution is 0.0533. The van der Waals surface area contributed by atoms with Crippen molar-refractivity contribution < 1.29 is 4.74 Å². The number of fused-ring (bicyclic) bond motifs is 10. The van der Waals surface area contributed by atoms with E-state index in [1.807, 2.05) is 0 Å². The normalized spacial score (nSPS) is 35.0. The van der Waals surface area contributed by atoms with Gasteiger partial charge in [0.2, 0.25) is 0 Å². The van der Waals surface area contributed by atoms with Crippen LogP contribution in [0.2, 0.25) is 0 Å². The zero-order chi connectivity index (χ0) is 32.2. The van der Waals surface area contributed by atoms with Crippen LogP contribution >= 0.6 is 0 Å². The molecule has 2 heterocycles. The van der Waals surface area contributed by atoms with Crippen molar-refractivity contribution in [3.05, 3.63) is 212 Å². The predicted molar refractivity (Wildman–Crippen MR) is 197 cm³/mol. The number of rotatable bonds is 0. The molecule has 8 atom stereocenters. The molecule has 240 valence electrons. The van der Waals surface area contributed by atoms with Crippen molar-refractivity contribution in [1.82, 2.24) is 0 Å². The second-order valence-corrected chi connectivity index (χ2v) is 16.4. The fourth-order valence-electron chi connectivity index (χ4n) is 13.7. The Labute approximate surface area is 294 Å². The zero-order valence-electron chi connectivity index (χ0n) is 27.9. The minimum absolute atomic E-state index is 0.264. The van der Waals surface area contributed by atoms with Crippen molar-refractivity contribution >= 4 is 0 Å². The average Bonchev–Trinajstić information content (AvgIpc) is 3.98. The van der Waals surface area contributed by atoms with Crippen molar-refractivity contribution in [2.24, 2.45) is 23.7 Å². The van der Waals surface area contributed by atoms with Crippen LogP contribution in [0.1, 0.15) is 121 Å². The van der Waals surface area contributed by atoms with Gasteiger partial charge in [0.25, 0.3) is 0 Å². The van der Waals surface area contributed by atoms with Crippen LogP contribution < -0.4 is 0 Å². The lowest BCUT2D eigenvalue weighted by atomic mass is 9.50. The fourth-order valence-corrected chi connectivity index (χ4v) is 13.7. The molecule has 1 heteroatoms. The van der Waals surface area contributed by atoms with Gasteiger partial charge >= 0.3 is 0 Å². The molecule has 6 aromatic rings. The first-order chi connectivity index (χ1) is 24.9. The molecule has 2 aliphatic heterocycles. The molecular formula is C49H38O. The Hall–Kier alpha value is -4.72. The highest BCUT2D eigenvalue weighted by Gasteiger charge is 2.64. The van der Waals surface area contributed by atoms with E-state index in [0.717, 1.165) is 23.7 Å². The highest BCUT2D eigenvalue weighted by atomic mass is 16.5. The lowest BCUT2D eigenvalue weighted by Crippen LogP contribution is -2.42. The summed E-state index contributed by atoms with van der Waals surface area (Å²) in [6.45, 7) is 0. The Balaban J connectivity index is 0.000000110. The van der Waals surface area contributed by atoms with Gasteiger partial charge in [0.1, 0.15) is 0 Å². The average molecular weight is 643 g/mol. The van der Waals surface area contributed by atoms with E-state index >= 15 is 0 Å². The van der Waals surface area contributed by atoms with E-state index in [1.165, 1.54) is 17.5 Å². The van der Waals surface area contributed by atoms with Gasteiger partial charge in [-0.25, -0.2) is 0 Å². The predicted octanol–water partition coefficient (Wildman–Crippen LogP) is 11.1. The third-order valence-electron chi connectivity index (χ3n) is 14.9. The van der Waals surface area contributed by atoms with Gasteiger partial charge in [0.15, 0.2) is 0 Å². The minimum Gasteiger partial charge on any atom is -0.365 e. The van der Waals surface area contributed by atoms with Gasteiger partial charge in [-0.05, 0) is 96.9 Å². The molecule has 1 saturated carbocycles. The highest BCUT2D eigenvalue weighted by Crippen LogP contribution is 2.74. The number of hydrogen-bond donors (Lipinski definition) is 0. The molecule has 50 heavy (non-hydrogen) atoms. The maximum atomic E-state index is 6.63. The smallest absolute Gasteiger partial charge is 0.0878 e. The summed E-state index contributed by atoms with van der Waals surface area (Å²) in [7, 11) is 0. The first-order valence-corrected chi connectivity index (χ1v) is 19.0. The molecule has 1 nitrogen and oxygen atoms in total. The summed E-state index contributed by atoms with van der Waals surface area (Å²) in [5.74, 6) is 6.45. The standard InChI is InChI=1S/C25H20.C24H18O/c1-2-8-15-14(7-1)20-13-21(15)25-23-18-11-5-3-9-16(18)22(24(20)25)17-10-4-6-12-19(17)23;1-2-8-14-13(7-1)19-15-9-3-4-10-16(15)20(14)22-21(19)23-17-11-5-6-12-18(17)24(22)25-23/h1-12,20-25H,13H2;1-12,19-24H/t20-,21?,22?,23?,24?,25?;19?,20?,21?,22?,23-,24?/m11/s1. The summed E-state index contributed by atoms with van der Waals surface area (Å²) in [6.07, 6.45) is 1.91. The van der Waals surface area contributed by atoms with Crippen LogP contribution in [-0.4, -0.2) is 0 Å². The number of ether oxygens (including phenoxy) is 1. The summed E-state index contributed by atoms with van der Waals surface area (Å²) in [5, 5.41) is 0. The SMILES string of the molecule is c1ccc2c(c1)C1C[C@H]2C2C3c4ccccc4C(c4ccccc43)C12.c1ccc2c(c1)C1O[C@H]2C2C3c4ccccc4C(c4ccccc43)C12. The monoisotopic (exact) mass is 642 g/mol. The van der Waals surface area contributed by atoms with E-state index in [2.05, 4.69) is 146 Å². The molecule has 1 saturated heterocycles. The van der Waals surface area contributed by atoms with Crippen LogP contribution in [0.4, 0.5) is 0 Å². The third kappa shape index (κ3) is 3.13. The molecule has 6 aromatic carbocycles. The Kier molecular flexibility index (Phi) is 5.16. The Morgan fingerprint density at radius 2 is 0.520 bits per heavy atom. The van der Waals surface area contributed by atoms with E-state index in [-0.39, 0.29) is 12.2 Å². The van der Waals surface area contributed by atoms with Crippen LogP contribution in [0.5, 0.6) is 0 Å². The van der Waals surface area contributed by atoms with Crippen molar-refractivity contribution in [2.45, 2.75) is 54.1 Å². The molecule has 8 bridgehead atoms. The van der Waals surface area contributed by atoms with Gasteiger partial charge in [-0.2, -0.15) is 0 Å². The summed E-state index contributed by atoms with van der Waals surface area (Å²) in [5.41, 5.74) is 18.9. The van der Waals surface area contributed by atoms with Crippen LogP contribution in [0.3, 0.4) is 0 Å². The summed E-state index contributed by atoms with van der Waals surface area (Å²) in [4.78, 5) is 0. The molecule has 16 rings (SSSR count). The molecule has 0 aromatic heterocycles. The first-order valence-electron chi connectivity index (χ1n) is 19.0. The largest absolute Gasteiger partial charge is 0.365 e. The Bertz CT molecular complexity index is 1980. The van der Waals surface area contributed by atoms with E-state index in [9.17, 15) is 0 Å². The van der Waals surface area contributed by atoms with Crippen molar-refractivity contribution in [1.29, 1.82) is 0 Å². The van der Waals surface area contributed by atoms with Crippen LogP contribution in [0, 0.1) is 23.7 Å². The summed E-state index contributed by atoms with van der Waals surface area (Å²) >= 11 is 0. The second-order valence-electron chi connectivity index (χ2n) is 16.4. The highest BCUT2D eigenvalue weighted by molar-refractivity contribution is 5.62. The van der Waals surface area contributed by atoms with Crippen molar-refractivity contribution in [3.8, 4) is 0 Å². The van der Waals surface area contributed by atoms with Crippen LogP contribution in [0.25, 0.3) is 0 Å². The van der Waals surface area contributed by atoms with Crippen LogP contribution in [-0.2, 0) is 4.74 Å². The fraction of sp³-hybridized carbons (Fsp3) is 0.265. The first kappa shape index (κ1) is 27.1. The molecule has 10 aliphatic rings. The second kappa shape index (κ2) is 9.53. The minimum atomic E-state index is 0.264. The van der Waals surface area contributed by atoms with Gasteiger partial charge in [-0.3, -0.25) is 0 Å². The number of hydrogen-bond acceptors (Lipinski definition) is 1. The van der Waals surface area contributed by atoms with E-state index in [4.69, 9.17) is 4.74 Å². The van der Waals surface area contributed by atoms with Crippen molar-refractivity contribution in [2.75, 3.05) is 0 Å². The third-order valence-corrected chi connectivity index (χ3v) is 14.9. The number of benzene rings is 6. The topological polar surface area (TPSA) is 9.23 Å². The van der Waals surface area contributed by atoms with Gasteiger partial charge < -0.3 is 4.74 Å². The van der Waals surface area contributed by atoms with Crippen LogP contribution in [0.15, 0.2) is 146 Å². The molecule has 2 fully saturated rings. The molecule has 0 N–H and O–H groups in total. The van der Waals surface area contributed by atoms with Gasteiger partial charge in [-0.15, -0.1) is 0 Å². The Morgan fingerprint density at radius 1 is 0.280 bits per heavy atom. The molecule has 8 aliphatic carbocycles. The summed E-state index contributed by atoms with van der Waals surface area (Å²) in [6, 6.07) is 55.1. The van der Waals surface area contributed by atoms with E-state index < -0.39 is 0 Å². The molecular weight excluding hydrogens is 605 g/mol. The van der Waals surface area contributed by atoms with Gasteiger partial charge in [0, 0.05) is 35.5 Å². The summed E-state index contributed by atoms with van der Waals surface area (Å²) < 4.78 is 6.63. The molecule has 6 unspecified atom stereocenters. The molecule has 0 amide bonds. The van der Waals surface area contributed by atoms with Crippen molar-refractivity contribution in [3.63, 3.8) is 0 Å². The van der Waals surface area contributed by atoms with Gasteiger partial charge in [-0.1, -0.05) is 146 Å². The quantitative estimate of drug-likeness (QED) is 0.160. The zero-order valence-corrected chi connectivity index (χ0v) is 27.9. The van der Waals surface area contributed by atoms with Gasteiger partial charge in [0.05, 0.1) is 12.2 Å². The molecule has 0 radical (unpaired) electrons. The Morgan fingerprint density at radius 3 is 0.820 bits per heavy atom. The van der Waals surface area contributed by atoms with E-state index in [1.54, 1.807) is 55.6 Å². The lowest BCUT2D eigenvalue weighted by Gasteiger charge is -2.53.